The summed E-state index contributed by atoms with van der Waals surface area (Å²) in [6.45, 7) is 2.39. The van der Waals surface area contributed by atoms with Crippen LogP contribution < -0.4 is 11.1 Å². The highest BCUT2D eigenvalue weighted by atomic mass is 16.3. The first-order valence-electron chi connectivity index (χ1n) is 4.37. The van der Waals surface area contributed by atoms with Gasteiger partial charge in [0, 0.05) is 12.1 Å². The van der Waals surface area contributed by atoms with E-state index in [1.807, 2.05) is 19.1 Å². The van der Waals surface area contributed by atoms with Crippen molar-refractivity contribution in [3.63, 3.8) is 0 Å². The van der Waals surface area contributed by atoms with Crippen molar-refractivity contribution < 1.29 is 9.90 Å². The van der Waals surface area contributed by atoms with Gasteiger partial charge in [0.25, 0.3) is 0 Å². The van der Waals surface area contributed by atoms with Gasteiger partial charge in [0.05, 0.1) is 6.54 Å². The number of hydrogen-bond donors (Lipinski definition) is 3. The lowest BCUT2D eigenvalue weighted by Gasteiger charge is -2.07. The lowest BCUT2D eigenvalue weighted by molar-refractivity contribution is -0.117. The molecule has 0 unspecified atom stereocenters. The van der Waals surface area contributed by atoms with Crippen molar-refractivity contribution in [2.75, 3.05) is 6.54 Å². The third-order valence-electron chi connectivity index (χ3n) is 1.94. The number of phenols is 1. The Morgan fingerprint density at radius 1 is 1.57 bits per heavy atom. The van der Waals surface area contributed by atoms with Crippen LogP contribution in [0.3, 0.4) is 0 Å². The lowest BCUT2D eigenvalue weighted by Crippen LogP contribution is -2.28. The summed E-state index contributed by atoms with van der Waals surface area (Å²) in [5.74, 6) is -0.137. The van der Waals surface area contributed by atoms with Gasteiger partial charge in [-0.25, -0.2) is 0 Å². The number of nitrogens with two attached hydrogens (primary N) is 1. The van der Waals surface area contributed by atoms with E-state index in [-0.39, 0.29) is 12.3 Å². The predicted molar refractivity (Wildman–Crippen MR) is 53.7 cm³/mol. The van der Waals surface area contributed by atoms with Crippen LogP contribution in [0.1, 0.15) is 11.1 Å². The predicted octanol–water partition coefficient (Wildman–Crippen LogP) is 0.276. The van der Waals surface area contributed by atoms with Gasteiger partial charge in [0.1, 0.15) is 5.75 Å². The summed E-state index contributed by atoms with van der Waals surface area (Å²) in [5, 5.41) is 12.4. The van der Waals surface area contributed by atoms with E-state index in [1.54, 1.807) is 6.07 Å². The number of carbonyl (C=O) groups excluding carboxylic acids is 1. The van der Waals surface area contributed by atoms with Gasteiger partial charge in [-0.05, 0) is 12.5 Å². The van der Waals surface area contributed by atoms with Crippen LogP contribution in [0, 0.1) is 6.92 Å². The van der Waals surface area contributed by atoms with E-state index in [4.69, 9.17) is 5.73 Å². The van der Waals surface area contributed by atoms with Crippen LogP contribution in [-0.4, -0.2) is 17.6 Å². The first-order chi connectivity index (χ1) is 6.61. The molecular weight excluding hydrogens is 180 g/mol. The third kappa shape index (κ3) is 2.74. The van der Waals surface area contributed by atoms with Gasteiger partial charge in [0.2, 0.25) is 5.91 Å². The second-order valence-corrected chi connectivity index (χ2v) is 3.15. The fourth-order valence-corrected chi connectivity index (χ4v) is 1.18. The number of primary amides is 1. The minimum Gasteiger partial charge on any atom is -0.507 e. The summed E-state index contributed by atoms with van der Waals surface area (Å²) in [7, 11) is 0. The van der Waals surface area contributed by atoms with Crippen molar-refractivity contribution in [3.05, 3.63) is 29.3 Å². The average Bonchev–Trinajstić information content (AvgIpc) is 2.12. The zero-order valence-electron chi connectivity index (χ0n) is 8.08. The second-order valence-electron chi connectivity index (χ2n) is 3.15. The smallest absolute Gasteiger partial charge is 0.231 e. The van der Waals surface area contributed by atoms with Crippen molar-refractivity contribution in [1.82, 2.24) is 5.32 Å². The maximum absolute atomic E-state index is 10.4. The Morgan fingerprint density at radius 2 is 2.29 bits per heavy atom. The molecule has 0 atom stereocenters. The van der Waals surface area contributed by atoms with E-state index in [9.17, 15) is 9.90 Å². The van der Waals surface area contributed by atoms with Gasteiger partial charge >= 0.3 is 0 Å². The molecule has 0 aliphatic heterocycles. The Labute approximate surface area is 82.7 Å². The highest BCUT2D eigenvalue weighted by Crippen LogP contribution is 2.20. The van der Waals surface area contributed by atoms with Gasteiger partial charge in [-0.2, -0.15) is 0 Å². The van der Waals surface area contributed by atoms with Crippen molar-refractivity contribution in [1.29, 1.82) is 0 Å². The molecule has 0 saturated carbocycles. The quantitative estimate of drug-likeness (QED) is 0.644. The summed E-state index contributed by atoms with van der Waals surface area (Å²) in [4.78, 5) is 10.4. The summed E-state index contributed by atoms with van der Waals surface area (Å²) in [6.07, 6.45) is 0. The second kappa shape index (κ2) is 4.62. The van der Waals surface area contributed by atoms with Crippen LogP contribution in [-0.2, 0) is 11.3 Å². The minimum absolute atomic E-state index is 0.118. The standard InChI is InChI=1S/C10H14N2O2/c1-7-3-2-4-8(10(7)14)5-12-6-9(11)13/h2-4,12,14H,5-6H2,1H3,(H2,11,13). The number of benzene rings is 1. The van der Waals surface area contributed by atoms with Crippen LogP contribution >= 0.6 is 0 Å². The maximum atomic E-state index is 10.4. The van der Waals surface area contributed by atoms with Crippen LogP contribution in [0.5, 0.6) is 5.75 Å². The van der Waals surface area contributed by atoms with Gasteiger partial charge in [0.15, 0.2) is 0 Å². The number of phenolic OH excluding ortho intramolecular Hbond substituents is 1. The van der Waals surface area contributed by atoms with E-state index >= 15 is 0 Å². The summed E-state index contributed by atoms with van der Waals surface area (Å²) >= 11 is 0. The highest BCUT2D eigenvalue weighted by molar-refractivity contribution is 5.75. The van der Waals surface area contributed by atoms with E-state index in [0.717, 1.165) is 11.1 Å². The minimum atomic E-state index is -0.405. The van der Waals surface area contributed by atoms with Crippen LogP contribution in [0.25, 0.3) is 0 Å². The van der Waals surface area contributed by atoms with E-state index in [0.29, 0.717) is 6.54 Å². The van der Waals surface area contributed by atoms with Gasteiger partial charge < -0.3 is 16.2 Å². The molecule has 0 aliphatic rings. The van der Waals surface area contributed by atoms with Crippen LogP contribution in [0.2, 0.25) is 0 Å². The summed E-state index contributed by atoms with van der Waals surface area (Å²) < 4.78 is 0. The molecule has 4 nitrogen and oxygen atoms in total. The molecule has 4 N–H and O–H groups in total. The monoisotopic (exact) mass is 194 g/mol. The Hall–Kier alpha value is -1.55. The van der Waals surface area contributed by atoms with E-state index in [2.05, 4.69) is 5.32 Å². The summed E-state index contributed by atoms with van der Waals surface area (Å²) in [5.41, 5.74) is 6.55. The third-order valence-corrected chi connectivity index (χ3v) is 1.94. The van der Waals surface area contributed by atoms with E-state index < -0.39 is 5.91 Å². The SMILES string of the molecule is Cc1cccc(CNCC(N)=O)c1O. The highest BCUT2D eigenvalue weighted by Gasteiger charge is 2.02. The molecule has 1 aromatic carbocycles. The van der Waals surface area contributed by atoms with Crippen molar-refractivity contribution >= 4 is 5.91 Å². The zero-order valence-corrected chi connectivity index (χ0v) is 8.08. The molecule has 14 heavy (non-hydrogen) atoms. The fraction of sp³-hybridized carbons (Fsp3) is 0.300. The van der Waals surface area contributed by atoms with Crippen molar-refractivity contribution in [2.24, 2.45) is 5.73 Å². The largest absolute Gasteiger partial charge is 0.507 e. The molecule has 0 aromatic heterocycles. The summed E-state index contributed by atoms with van der Waals surface area (Å²) in [6, 6.07) is 5.49. The van der Waals surface area contributed by atoms with Gasteiger partial charge in [-0.15, -0.1) is 0 Å². The molecule has 0 spiro atoms. The molecule has 0 bridgehead atoms. The Morgan fingerprint density at radius 3 is 2.93 bits per heavy atom. The number of amides is 1. The number of nitrogens with one attached hydrogen (secondary N) is 1. The Balaban J connectivity index is 2.59. The molecule has 1 rings (SSSR count). The van der Waals surface area contributed by atoms with Crippen LogP contribution in [0.15, 0.2) is 18.2 Å². The zero-order chi connectivity index (χ0) is 10.6. The fourth-order valence-electron chi connectivity index (χ4n) is 1.18. The number of para-hydroxylation sites is 1. The molecular formula is C10H14N2O2. The lowest BCUT2D eigenvalue weighted by atomic mass is 10.1. The molecule has 1 amide bonds. The first-order valence-corrected chi connectivity index (χ1v) is 4.37. The van der Waals surface area contributed by atoms with Gasteiger partial charge in [-0.3, -0.25) is 4.79 Å². The number of rotatable bonds is 4. The molecule has 1 aromatic rings. The molecule has 76 valence electrons. The molecule has 4 heteroatoms. The average molecular weight is 194 g/mol. The topological polar surface area (TPSA) is 75.3 Å². The normalized spacial score (nSPS) is 10.1. The molecule has 0 saturated heterocycles. The Bertz CT molecular complexity index is 337. The van der Waals surface area contributed by atoms with Crippen molar-refractivity contribution in [3.8, 4) is 5.75 Å². The molecule has 0 heterocycles. The molecule has 0 fully saturated rings. The molecule has 0 aliphatic carbocycles. The number of carbonyl (C=O) groups is 1. The van der Waals surface area contributed by atoms with Crippen molar-refractivity contribution in [2.45, 2.75) is 13.5 Å². The first kappa shape index (κ1) is 10.5. The number of hydrogen-bond acceptors (Lipinski definition) is 3. The number of aromatic hydroxyl groups is 1. The Kier molecular flexibility index (Phi) is 3.48. The molecule has 0 radical (unpaired) electrons. The number of aryl methyl sites for hydroxylation is 1. The van der Waals surface area contributed by atoms with E-state index in [1.165, 1.54) is 0 Å². The maximum Gasteiger partial charge on any atom is 0.231 e. The van der Waals surface area contributed by atoms with Gasteiger partial charge in [-0.1, -0.05) is 18.2 Å². The van der Waals surface area contributed by atoms with Crippen LogP contribution in [0.4, 0.5) is 0 Å².